The van der Waals surface area contributed by atoms with Gasteiger partial charge in [0.2, 0.25) is 10.2 Å². The summed E-state index contributed by atoms with van der Waals surface area (Å²) >= 11 is 7.30. The Kier molecular flexibility index (Phi) is 10.2. The molecule has 0 heterocycles. The van der Waals surface area contributed by atoms with Gasteiger partial charge in [-0.15, -0.1) is 25.3 Å². The van der Waals surface area contributed by atoms with Crippen molar-refractivity contribution >= 4 is 35.5 Å². The van der Waals surface area contributed by atoms with Crippen LogP contribution in [0.3, 0.4) is 0 Å². The van der Waals surface area contributed by atoms with Crippen molar-refractivity contribution in [1.29, 1.82) is 0 Å². The molecule has 0 aromatic heterocycles. The summed E-state index contributed by atoms with van der Waals surface area (Å²) in [4.78, 5) is 21.0. The van der Waals surface area contributed by atoms with Crippen molar-refractivity contribution in [3.05, 3.63) is 132 Å². The van der Waals surface area contributed by atoms with E-state index in [2.05, 4.69) is 73.8 Å². The van der Waals surface area contributed by atoms with Crippen molar-refractivity contribution in [2.45, 2.75) is 0 Å². The van der Waals surface area contributed by atoms with Crippen LogP contribution in [0.1, 0.15) is 20.7 Å². The third kappa shape index (κ3) is 8.52. The number of benzene rings is 4. The lowest BCUT2D eigenvalue weighted by molar-refractivity contribution is 0.108. The van der Waals surface area contributed by atoms with Crippen molar-refractivity contribution in [2.24, 2.45) is 0 Å². The molecule has 0 amide bonds. The number of hydrogen-bond donors (Lipinski definition) is 2. The Labute approximate surface area is 188 Å². The fourth-order valence-electron chi connectivity index (χ4n) is 2.42. The first kappa shape index (κ1) is 23.2. The van der Waals surface area contributed by atoms with Crippen LogP contribution < -0.4 is 0 Å². The van der Waals surface area contributed by atoms with E-state index in [1.54, 1.807) is 24.3 Å². The molecule has 4 rings (SSSR count). The summed E-state index contributed by atoms with van der Waals surface area (Å²) in [6, 6.07) is 38.7. The minimum Gasteiger partial charge on any atom is -0.282 e. The molecule has 0 atom stereocenters. The predicted molar refractivity (Wildman–Crippen MR) is 131 cm³/mol. The number of rotatable bonds is 3. The molecule has 0 spiro atoms. The Bertz CT molecular complexity index is 933. The first-order valence-corrected chi connectivity index (χ1v) is 10.1. The molecule has 4 aromatic rings. The second-order valence-corrected chi connectivity index (χ2v) is 6.89. The highest BCUT2D eigenvalue weighted by molar-refractivity contribution is 7.97. The van der Waals surface area contributed by atoms with Crippen LogP contribution in [0.25, 0.3) is 11.1 Å². The largest absolute Gasteiger partial charge is 0.282 e. The maximum atomic E-state index is 10.5. The van der Waals surface area contributed by atoms with Crippen LogP contribution in [0.15, 0.2) is 121 Å². The molecule has 4 aromatic carbocycles. The average molecular weight is 431 g/mol. The number of carbonyl (C=O) groups excluding carboxylic acids is 2. The maximum Gasteiger partial charge on any atom is 0.216 e. The van der Waals surface area contributed by atoms with Crippen LogP contribution in [0.5, 0.6) is 0 Å². The Hall–Kier alpha value is -3.08. The van der Waals surface area contributed by atoms with Gasteiger partial charge >= 0.3 is 0 Å². The van der Waals surface area contributed by atoms with Crippen LogP contribution in [0, 0.1) is 0 Å². The van der Waals surface area contributed by atoms with Gasteiger partial charge in [-0.05, 0) is 11.1 Å². The molecule has 30 heavy (non-hydrogen) atoms. The molecule has 0 saturated carbocycles. The first-order chi connectivity index (χ1) is 14.6. The van der Waals surface area contributed by atoms with Gasteiger partial charge in [0, 0.05) is 11.1 Å². The van der Waals surface area contributed by atoms with Gasteiger partial charge in [-0.2, -0.15) is 0 Å². The zero-order valence-electron chi connectivity index (χ0n) is 16.3. The third-order valence-electron chi connectivity index (χ3n) is 3.92. The maximum absolute atomic E-state index is 10.5. The summed E-state index contributed by atoms with van der Waals surface area (Å²) in [7, 11) is 0. The molecule has 2 nitrogen and oxygen atoms in total. The van der Waals surface area contributed by atoms with Gasteiger partial charge in [-0.25, -0.2) is 0 Å². The van der Waals surface area contributed by atoms with E-state index in [0.29, 0.717) is 11.1 Å². The average Bonchev–Trinajstić information content (AvgIpc) is 2.82. The highest BCUT2D eigenvalue weighted by Crippen LogP contribution is 2.17. The van der Waals surface area contributed by atoms with Crippen LogP contribution >= 0.6 is 25.3 Å². The third-order valence-corrected chi connectivity index (χ3v) is 4.44. The standard InChI is InChI=1S/C12H10.2C7H6OS/c1-3-7-11(8-4-1)12-9-5-2-6-10-12;2*8-7(9)6-4-2-1-3-5-6/h1-10H;2*1-5H,(H,8,9). The van der Waals surface area contributed by atoms with E-state index in [1.165, 1.54) is 11.1 Å². The minimum atomic E-state index is -0.185. The fourth-order valence-corrected chi connectivity index (χ4v) is 2.72. The van der Waals surface area contributed by atoms with Gasteiger partial charge < -0.3 is 0 Å². The lowest BCUT2D eigenvalue weighted by Gasteiger charge is -1.98. The van der Waals surface area contributed by atoms with Gasteiger partial charge in [0.25, 0.3) is 0 Å². The second kappa shape index (κ2) is 13.2. The van der Waals surface area contributed by atoms with Crippen LogP contribution in [-0.4, -0.2) is 10.2 Å². The van der Waals surface area contributed by atoms with E-state index in [4.69, 9.17) is 0 Å². The molecule has 0 radical (unpaired) electrons. The molecule has 150 valence electrons. The van der Waals surface area contributed by atoms with Crippen LogP contribution in [0.2, 0.25) is 0 Å². The molecular weight excluding hydrogens is 408 g/mol. The van der Waals surface area contributed by atoms with Gasteiger partial charge in [0.1, 0.15) is 0 Å². The Morgan fingerprint density at radius 3 is 0.833 bits per heavy atom. The normalized spacial score (nSPS) is 9.27. The topological polar surface area (TPSA) is 34.1 Å². The van der Waals surface area contributed by atoms with E-state index in [1.807, 2.05) is 48.5 Å². The van der Waals surface area contributed by atoms with Crippen molar-refractivity contribution < 1.29 is 9.59 Å². The summed E-state index contributed by atoms with van der Waals surface area (Å²) in [5.74, 6) is 0. The van der Waals surface area contributed by atoms with Crippen molar-refractivity contribution in [2.75, 3.05) is 0 Å². The Balaban J connectivity index is 0.000000163. The molecule has 0 N–H and O–H groups in total. The molecule has 4 heteroatoms. The Morgan fingerprint density at radius 1 is 0.400 bits per heavy atom. The molecule has 0 fully saturated rings. The molecule has 0 aliphatic carbocycles. The van der Waals surface area contributed by atoms with E-state index in [-0.39, 0.29) is 10.2 Å². The van der Waals surface area contributed by atoms with Gasteiger partial charge in [-0.1, -0.05) is 121 Å². The highest BCUT2D eigenvalue weighted by Gasteiger charge is 1.95. The quantitative estimate of drug-likeness (QED) is 0.348. The lowest BCUT2D eigenvalue weighted by atomic mass is 10.1. The van der Waals surface area contributed by atoms with E-state index in [9.17, 15) is 9.59 Å². The van der Waals surface area contributed by atoms with Gasteiger partial charge in [-0.3, -0.25) is 9.59 Å². The molecule has 0 bridgehead atoms. The second-order valence-electron chi connectivity index (χ2n) is 6.07. The molecule has 0 saturated heterocycles. The number of hydrogen-bond acceptors (Lipinski definition) is 2. The SMILES string of the molecule is O=C(S)c1ccccc1.O=C(S)c1ccccc1.c1ccc(-c2ccccc2)cc1. The van der Waals surface area contributed by atoms with Crippen molar-refractivity contribution in [3.63, 3.8) is 0 Å². The van der Waals surface area contributed by atoms with E-state index >= 15 is 0 Å². The van der Waals surface area contributed by atoms with E-state index < -0.39 is 0 Å². The van der Waals surface area contributed by atoms with Gasteiger partial charge in [0.05, 0.1) is 0 Å². The highest BCUT2D eigenvalue weighted by atomic mass is 32.1. The summed E-state index contributed by atoms with van der Waals surface area (Å²) in [6.07, 6.45) is 0. The molecule has 0 aliphatic heterocycles. The summed E-state index contributed by atoms with van der Waals surface area (Å²) in [5, 5.41) is -0.369. The van der Waals surface area contributed by atoms with Crippen molar-refractivity contribution in [1.82, 2.24) is 0 Å². The molecular formula is C26H22O2S2. The van der Waals surface area contributed by atoms with Gasteiger partial charge in [0.15, 0.2) is 0 Å². The number of carbonyl (C=O) groups is 2. The Morgan fingerprint density at radius 2 is 0.633 bits per heavy atom. The molecule has 0 aliphatic rings. The first-order valence-electron chi connectivity index (χ1n) is 9.25. The zero-order chi connectivity index (χ0) is 21.6. The van der Waals surface area contributed by atoms with Crippen LogP contribution in [-0.2, 0) is 0 Å². The summed E-state index contributed by atoms with van der Waals surface area (Å²) in [6.45, 7) is 0. The lowest BCUT2D eigenvalue weighted by Crippen LogP contribution is -1.84. The fraction of sp³-hybridized carbons (Fsp3) is 0. The smallest absolute Gasteiger partial charge is 0.216 e. The van der Waals surface area contributed by atoms with Crippen molar-refractivity contribution in [3.8, 4) is 11.1 Å². The zero-order valence-corrected chi connectivity index (χ0v) is 18.0. The monoisotopic (exact) mass is 430 g/mol. The molecule has 0 unspecified atom stereocenters. The predicted octanol–water partition coefficient (Wildman–Crippen LogP) is 6.87. The summed E-state index contributed by atoms with van der Waals surface area (Å²) in [5.41, 5.74) is 3.83. The number of thiol groups is 2. The van der Waals surface area contributed by atoms with E-state index in [0.717, 1.165) is 0 Å². The van der Waals surface area contributed by atoms with Crippen LogP contribution in [0.4, 0.5) is 0 Å². The summed E-state index contributed by atoms with van der Waals surface area (Å²) < 4.78 is 0. The minimum absolute atomic E-state index is 0.185.